The van der Waals surface area contributed by atoms with E-state index in [4.69, 9.17) is 4.55 Å². The van der Waals surface area contributed by atoms with Crippen LogP contribution in [0, 0.1) is 0 Å². The number of hydrogen-bond donors (Lipinski definition) is 2. The monoisotopic (exact) mass is 987 g/mol. The molecule has 0 aromatic carbocycles. The summed E-state index contributed by atoms with van der Waals surface area (Å²) in [6.07, 6.45) is -12.3. The molecule has 5 nitrogen and oxygen atoms in total. The highest BCUT2D eigenvalue weighted by Gasteiger charge is 3.00. The number of nitrogens with one attached hydrogen (secondary N) is 1. The van der Waals surface area contributed by atoms with Crippen molar-refractivity contribution in [2.24, 2.45) is 0 Å². The molecule has 59 heavy (non-hydrogen) atoms. The van der Waals surface area contributed by atoms with Crippen molar-refractivity contribution in [1.29, 1.82) is 0 Å². The third kappa shape index (κ3) is 8.85. The van der Waals surface area contributed by atoms with E-state index >= 15 is 0 Å². The molecule has 0 fully saturated rings. The van der Waals surface area contributed by atoms with E-state index in [1.807, 2.05) is 5.32 Å². The number of thioether (sulfide) groups is 1. The van der Waals surface area contributed by atoms with Crippen LogP contribution in [0.3, 0.4) is 0 Å². The van der Waals surface area contributed by atoms with Crippen LogP contribution in [-0.2, 0) is 14.9 Å². The molecular formula is C23H18F29NO4S2. The van der Waals surface area contributed by atoms with Gasteiger partial charge in [0.25, 0.3) is 10.1 Å². The average Bonchev–Trinajstić information content (AvgIpc) is 2.97. The second-order valence-electron chi connectivity index (χ2n) is 12.4. The largest absolute Gasteiger partial charge is 0.460 e. The minimum atomic E-state index is -9.98. The summed E-state index contributed by atoms with van der Waals surface area (Å²) >= 11 is -0.247. The highest BCUT2D eigenvalue weighted by Crippen LogP contribution is 2.69. The van der Waals surface area contributed by atoms with Gasteiger partial charge in [-0.15, -0.1) is 0 Å². The van der Waals surface area contributed by atoms with Crippen molar-refractivity contribution in [3.8, 4) is 0 Å². The smallest absolute Gasteiger partial charge is 0.350 e. The molecule has 0 aromatic rings. The molecule has 0 heterocycles. The zero-order valence-electron chi connectivity index (χ0n) is 27.5. The van der Waals surface area contributed by atoms with Gasteiger partial charge in [-0.2, -0.15) is 148 Å². The standard InChI is InChI=1S/C23H18F29NO4S2/c1-9(2,7-59(55,56)57)53-8(54)3-5-58-6-4-10(24,25)11(26,27)12(28,29)13(30,31)14(32,33)15(34,35)16(36,37)17(38,39)18(40,41)19(42,43)20(44,45)21(46,47)22(48,49)23(50,51)52/h3-7H2,1-2H3,(H,53,54)(H,55,56,57). The van der Waals surface area contributed by atoms with Crippen LogP contribution in [0.5, 0.6) is 0 Å². The summed E-state index contributed by atoms with van der Waals surface area (Å²) in [5.74, 6) is -126. The molecule has 0 aliphatic heterocycles. The van der Waals surface area contributed by atoms with Crippen molar-refractivity contribution >= 4 is 27.8 Å². The van der Waals surface area contributed by atoms with Crippen LogP contribution < -0.4 is 5.32 Å². The summed E-state index contributed by atoms with van der Waals surface area (Å²) in [7, 11) is -4.77. The summed E-state index contributed by atoms with van der Waals surface area (Å²) in [6.45, 7) is 1.90. The molecule has 354 valence electrons. The van der Waals surface area contributed by atoms with Crippen LogP contribution in [0.1, 0.15) is 26.7 Å². The Morgan fingerprint density at radius 3 is 0.966 bits per heavy atom. The molecule has 0 unspecified atom stereocenters. The molecule has 0 aliphatic rings. The van der Waals surface area contributed by atoms with Crippen LogP contribution in [0.4, 0.5) is 127 Å². The van der Waals surface area contributed by atoms with Gasteiger partial charge >= 0.3 is 83.2 Å². The van der Waals surface area contributed by atoms with Gasteiger partial charge in [-0.3, -0.25) is 9.35 Å². The van der Waals surface area contributed by atoms with Gasteiger partial charge in [0.05, 0.1) is 11.3 Å². The van der Waals surface area contributed by atoms with Gasteiger partial charge in [0.15, 0.2) is 0 Å². The van der Waals surface area contributed by atoms with Crippen molar-refractivity contribution in [3.05, 3.63) is 0 Å². The normalized spacial score (nSPS) is 16.4. The Morgan fingerprint density at radius 2 is 0.712 bits per heavy atom. The van der Waals surface area contributed by atoms with Crippen LogP contribution in [0.2, 0.25) is 0 Å². The van der Waals surface area contributed by atoms with E-state index in [2.05, 4.69) is 0 Å². The molecular weight excluding hydrogens is 969 g/mol. The number of carbonyl (C=O) groups is 1. The molecule has 0 saturated carbocycles. The summed E-state index contributed by atoms with van der Waals surface area (Å²) in [4.78, 5) is 11.8. The van der Waals surface area contributed by atoms with Crippen LogP contribution in [0.25, 0.3) is 0 Å². The van der Waals surface area contributed by atoms with Crippen molar-refractivity contribution in [2.45, 2.75) is 115 Å². The molecule has 0 saturated heterocycles. The molecule has 0 aliphatic carbocycles. The molecule has 0 spiro atoms. The minimum Gasteiger partial charge on any atom is -0.350 e. The lowest BCUT2D eigenvalue weighted by atomic mass is 9.83. The van der Waals surface area contributed by atoms with E-state index in [0.29, 0.717) is 0 Å². The van der Waals surface area contributed by atoms with Crippen molar-refractivity contribution in [1.82, 2.24) is 5.32 Å². The van der Waals surface area contributed by atoms with E-state index in [-0.39, 0.29) is 11.8 Å². The van der Waals surface area contributed by atoms with E-state index in [1.54, 1.807) is 0 Å². The Hall–Kier alpha value is -2.30. The number of carbonyl (C=O) groups excluding carboxylic acids is 1. The van der Waals surface area contributed by atoms with Crippen LogP contribution in [0.15, 0.2) is 0 Å². The summed E-state index contributed by atoms with van der Waals surface area (Å²) in [6, 6.07) is 0. The van der Waals surface area contributed by atoms with E-state index in [9.17, 15) is 141 Å². The Balaban J connectivity index is 6.82. The van der Waals surface area contributed by atoms with Gasteiger partial charge in [0.1, 0.15) is 0 Å². The van der Waals surface area contributed by atoms with Crippen molar-refractivity contribution in [3.63, 3.8) is 0 Å². The number of hydrogen-bond acceptors (Lipinski definition) is 4. The topological polar surface area (TPSA) is 83.5 Å². The SMILES string of the molecule is CC(C)(CS(=O)(=O)O)NC(=O)CCSCCC(F)(F)C(F)(F)C(F)(F)C(F)(F)C(F)(F)C(F)(F)C(F)(F)C(F)(F)C(F)(F)C(F)(F)C(F)(F)C(F)(F)C(F)(F)C(F)(F)F. The number of halogens is 29. The lowest BCUT2D eigenvalue weighted by molar-refractivity contribution is -0.487. The first-order valence-corrected chi connectivity index (χ1v) is 16.6. The first-order valence-electron chi connectivity index (χ1n) is 13.9. The second-order valence-corrected chi connectivity index (χ2v) is 15.0. The molecule has 1 amide bonds. The average molecular weight is 987 g/mol. The Labute approximate surface area is 311 Å². The highest BCUT2D eigenvalue weighted by molar-refractivity contribution is 7.99. The maximum absolute atomic E-state index is 14.1. The number of alkyl halides is 29. The first kappa shape index (κ1) is 56.7. The van der Waals surface area contributed by atoms with Crippen molar-refractivity contribution < 1.29 is 145 Å². The van der Waals surface area contributed by atoms with Gasteiger partial charge in [-0.25, -0.2) is 0 Å². The third-order valence-electron chi connectivity index (χ3n) is 7.21. The third-order valence-corrected chi connectivity index (χ3v) is 9.28. The predicted molar refractivity (Wildman–Crippen MR) is 136 cm³/mol. The maximum Gasteiger partial charge on any atom is 0.460 e. The van der Waals surface area contributed by atoms with E-state index < -0.39 is 135 Å². The first-order chi connectivity index (χ1) is 25.1. The van der Waals surface area contributed by atoms with Crippen molar-refractivity contribution in [2.75, 3.05) is 17.3 Å². The molecule has 36 heteroatoms. The van der Waals surface area contributed by atoms with Gasteiger partial charge in [0, 0.05) is 18.6 Å². The Kier molecular flexibility index (Phi) is 14.9. The van der Waals surface area contributed by atoms with Gasteiger partial charge in [-0.05, 0) is 19.6 Å². The number of rotatable bonds is 21. The molecule has 0 atom stereocenters. The molecule has 0 bridgehead atoms. The van der Waals surface area contributed by atoms with Gasteiger partial charge in [0.2, 0.25) is 5.91 Å². The number of amides is 1. The fourth-order valence-electron chi connectivity index (χ4n) is 3.94. The predicted octanol–water partition coefficient (Wildman–Crippen LogP) is 10.1. The Morgan fingerprint density at radius 1 is 0.458 bits per heavy atom. The zero-order valence-corrected chi connectivity index (χ0v) is 29.1. The van der Waals surface area contributed by atoms with Crippen LogP contribution in [-0.4, -0.2) is 125 Å². The summed E-state index contributed by atoms with van der Waals surface area (Å²) < 4.78 is 426. The van der Waals surface area contributed by atoms with Gasteiger partial charge in [-0.1, -0.05) is 0 Å². The maximum atomic E-state index is 14.1. The fourth-order valence-corrected chi connectivity index (χ4v) is 5.85. The quantitative estimate of drug-likeness (QED) is 0.0680. The molecule has 0 radical (unpaired) electrons. The van der Waals surface area contributed by atoms with E-state index in [1.165, 1.54) is 0 Å². The molecule has 0 rings (SSSR count). The molecule has 0 aromatic heterocycles. The summed E-state index contributed by atoms with van der Waals surface area (Å²) in [5.41, 5.74) is -1.79. The lowest BCUT2D eigenvalue weighted by Crippen LogP contribution is -2.79. The zero-order chi connectivity index (χ0) is 48.5. The highest BCUT2D eigenvalue weighted by atomic mass is 32.2. The molecule has 2 N–H and O–H groups in total. The summed E-state index contributed by atoms with van der Waals surface area (Å²) in [5, 5.41) is 1.88. The minimum absolute atomic E-state index is 0.247. The van der Waals surface area contributed by atoms with Crippen LogP contribution >= 0.6 is 11.8 Å². The fraction of sp³-hybridized carbons (Fsp3) is 0.957. The lowest BCUT2D eigenvalue weighted by Gasteiger charge is -2.46. The Bertz CT molecular complexity index is 1620. The van der Waals surface area contributed by atoms with E-state index in [0.717, 1.165) is 13.8 Å². The van der Waals surface area contributed by atoms with Gasteiger partial charge < -0.3 is 5.32 Å². The second kappa shape index (κ2) is 15.5.